The predicted molar refractivity (Wildman–Crippen MR) is 96.8 cm³/mol. The number of amides is 1. The van der Waals surface area contributed by atoms with Gasteiger partial charge in [0.1, 0.15) is 5.75 Å². The largest absolute Gasteiger partial charge is 0.495 e. The zero-order chi connectivity index (χ0) is 20.5. The van der Waals surface area contributed by atoms with Gasteiger partial charge < -0.3 is 9.64 Å². The molecule has 0 aromatic heterocycles. The van der Waals surface area contributed by atoms with Gasteiger partial charge in [0, 0.05) is 13.0 Å². The lowest BCUT2D eigenvalue weighted by Gasteiger charge is -2.20. The van der Waals surface area contributed by atoms with Crippen LogP contribution in [0.5, 0.6) is 5.75 Å². The van der Waals surface area contributed by atoms with Crippen LogP contribution in [0.1, 0.15) is 18.4 Å². The summed E-state index contributed by atoms with van der Waals surface area (Å²) < 4.78 is 72.0. The van der Waals surface area contributed by atoms with Crippen LogP contribution < -0.4 is 14.4 Å². The van der Waals surface area contributed by atoms with Gasteiger partial charge in [0.05, 0.1) is 28.9 Å². The average Bonchev–Trinajstić information content (AvgIpc) is 3.06. The third-order valence-corrected chi connectivity index (χ3v) is 5.66. The Morgan fingerprint density at radius 2 is 1.86 bits per heavy atom. The number of alkyl halides is 3. The van der Waals surface area contributed by atoms with Crippen LogP contribution in [-0.2, 0) is 21.0 Å². The number of nitrogens with one attached hydrogen (secondary N) is 1. The average molecular weight is 414 g/mol. The molecule has 3 rings (SSSR count). The molecule has 0 bridgehead atoms. The van der Waals surface area contributed by atoms with Crippen molar-refractivity contribution in [2.45, 2.75) is 23.9 Å². The van der Waals surface area contributed by atoms with Crippen LogP contribution in [0, 0.1) is 0 Å². The Kier molecular flexibility index (Phi) is 5.24. The number of halogens is 3. The molecule has 1 aliphatic rings. The van der Waals surface area contributed by atoms with E-state index in [2.05, 4.69) is 0 Å². The quantitative estimate of drug-likeness (QED) is 0.811. The van der Waals surface area contributed by atoms with Crippen LogP contribution in [0.4, 0.5) is 24.5 Å². The van der Waals surface area contributed by atoms with Crippen molar-refractivity contribution in [3.05, 3.63) is 48.0 Å². The van der Waals surface area contributed by atoms with Gasteiger partial charge >= 0.3 is 6.18 Å². The van der Waals surface area contributed by atoms with Gasteiger partial charge in [-0.15, -0.1) is 0 Å². The lowest BCUT2D eigenvalue weighted by Crippen LogP contribution is -2.25. The zero-order valence-electron chi connectivity index (χ0n) is 14.8. The number of carbonyl (C=O) groups is 1. The summed E-state index contributed by atoms with van der Waals surface area (Å²) in [7, 11) is -2.95. The van der Waals surface area contributed by atoms with Crippen molar-refractivity contribution in [2.75, 3.05) is 23.3 Å². The van der Waals surface area contributed by atoms with Crippen molar-refractivity contribution in [1.82, 2.24) is 0 Å². The van der Waals surface area contributed by atoms with Gasteiger partial charge in [-0.05, 0) is 36.8 Å². The van der Waals surface area contributed by atoms with Crippen LogP contribution in [0.2, 0.25) is 0 Å². The molecule has 0 spiro atoms. The zero-order valence-corrected chi connectivity index (χ0v) is 15.6. The van der Waals surface area contributed by atoms with Crippen molar-refractivity contribution >= 4 is 27.3 Å². The van der Waals surface area contributed by atoms with Crippen molar-refractivity contribution in [1.29, 1.82) is 0 Å². The summed E-state index contributed by atoms with van der Waals surface area (Å²) in [4.78, 5) is 13.2. The van der Waals surface area contributed by atoms with Crippen molar-refractivity contribution in [3.8, 4) is 5.75 Å². The molecular weight excluding hydrogens is 397 g/mol. The van der Waals surface area contributed by atoms with Crippen LogP contribution in [0.15, 0.2) is 47.4 Å². The summed E-state index contributed by atoms with van der Waals surface area (Å²) in [6, 6.07) is 8.10. The number of ether oxygens (including phenoxy) is 1. The maximum absolute atomic E-state index is 13.1. The second-order valence-electron chi connectivity index (χ2n) is 6.13. The summed E-state index contributed by atoms with van der Waals surface area (Å²) in [5.41, 5.74) is -1.41. The lowest BCUT2D eigenvalue weighted by molar-refractivity contribution is -0.136. The van der Waals surface area contributed by atoms with Gasteiger partial charge in [-0.25, -0.2) is 8.42 Å². The fourth-order valence-corrected chi connectivity index (χ4v) is 4.07. The van der Waals surface area contributed by atoms with Gasteiger partial charge in [-0.2, -0.15) is 13.2 Å². The summed E-state index contributed by atoms with van der Waals surface area (Å²) >= 11 is 0. The SMILES string of the molecule is COc1ccc(S(=O)(=O)Nc2ccccc2C(F)(F)F)cc1N1CCCC1=O. The number of hydrogen-bond donors (Lipinski definition) is 1. The van der Waals surface area contributed by atoms with Crippen molar-refractivity contribution in [2.24, 2.45) is 0 Å². The number of methoxy groups -OCH3 is 1. The predicted octanol–water partition coefficient (Wildman–Crippen LogP) is 3.64. The van der Waals surface area contributed by atoms with Crippen LogP contribution >= 0.6 is 0 Å². The van der Waals surface area contributed by atoms with Gasteiger partial charge in [-0.3, -0.25) is 9.52 Å². The molecule has 1 amide bonds. The normalized spacial score (nSPS) is 15.0. The molecule has 1 saturated heterocycles. The Bertz CT molecular complexity index is 1010. The highest BCUT2D eigenvalue weighted by Gasteiger charge is 2.34. The molecule has 28 heavy (non-hydrogen) atoms. The highest BCUT2D eigenvalue weighted by molar-refractivity contribution is 7.92. The summed E-state index contributed by atoms with van der Waals surface area (Å²) in [6.45, 7) is 0.406. The molecule has 1 aliphatic heterocycles. The van der Waals surface area contributed by atoms with E-state index in [1.165, 1.54) is 42.3 Å². The van der Waals surface area contributed by atoms with E-state index >= 15 is 0 Å². The molecular formula is C18H17F3N2O4S. The minimum absolute atomic E-state index is 0.178. The molecule has 0 unspecified atom stereocenters. The number of hydrogen-bond acceptors (Lipinski definition) is 4. The third kappa shape index (κ3) is 3.91. The molecule has 10 heteroatoms. The fourth-order valence-electron chi connectivity index (χ4n) is 2.97. The Labute approximate surface area is 160 Å². The van der Waals surface area contributed by atoms with Crippen LogP contribution in [-0.4, -0.2) is 28.0 Å². The molecule has 0 saturated carbocycles. The Hall–Kier alpha value is -2.75. The van der Waals surface area contributed by atoms with E-state index in [-0.39, 0.29) is 16.5 Å². The second-order valence-corrected chi connectivity index (χ2v) is 7.81. The van der Waals surface area contributed by atoms with Gasteiger partial charge in [0.15, 0.2) is 0 Å². The first-order valence-electron chi connectivity index (χ1n) is 8.31. The molecule has 0 atom stereocenters. The Balaban J connectivity index is 2.01. The molecule has 1 fully saturated rings. The lowest BCUT2D eigenvalue weighted by atomic mass is 10.2. The van der Waals surface area contributed by atoms with Crippen LogP contribution in [0.3, 0.4) is 0 Å². The van der Waals surface area contributed by atoms with Crippen LogP contribution in [0.25, 0.3) is 0 Å². The summed E-state index contributed by atoms with van der Waals surface area (Å²) in [6.07, 6.45) is -3.76. The molecule has 2 aromatic carbocycles. The molecule has 0 radical (unpaired) electrons. The van der Waals surface area contributed by atoms with E-state index in [0.29, 0.717) is 25.1 Å². The molecule has 0 aliphatic carbocycles. The standard InChI is InChI=1S/C18H17F3N2O4S/c1-27-16-9-8-12(11-15(16)23-10-4-7-17(23)24)28(25,26)22-14-6-3-2-5-13(14)18(19,20)21/h2-3,5-6,8-9,11,22H,4,7,10H2,1H3. The Morgan fingerprint density at radius 3 is 2.46 bits per heavy atom. The number of para-hydroxylation sites is 1. The molecule has 1 N–H and O–H groups in total. The third-order valence-electron chi connectivity index (χ3n) is 4.30. The first-order valence-corrected chi connectivity index (χ1v) is 9.79. The number of sulfonamides is 1. The number of carbonyl (C=O) groups excluding carboxylic acids is 1. The highest BCUT2D eigenvalue weighted by Crippen LogP contribution is 2.37. The van der Waals surface area contributed by atoms with E-state index in [0.717, 1.165) is 12.1 Å². The Morgan fingerprint density at radius 1 is 1.14 bits per heavy atom. The van der Waals surface area contributed by atoms with E-state index in [9.17, 15) is 26.4 Å². The number of nitrogens with zero attached hydrogens (tertiary/aromatic N) is 1. The topological polar surface area (TPSA) is 75.7 Å². The van der Waals surface area contributed by atoms with E-state index in [4.69, 9.17) is 4.74 Å². The molecule has 150 valence electrons. The molecule has 1 heterocycles. The smallest absolute Gasteiger partial charge is 0.418 e. The number of benzene rings is 2. The summed E-state index contributed by atoms with van der Waals surface area (Å²) in [5.74, 6) is 0.119. The van der Waals surface area contributed by atoms with Gasteiger partial charge in [0.25, 0.3) is 10.0 Å². The number of anilines is 2. The van der Waals surface area contributed by atoms with Crippen molar-refractivity contribution < 1.29 is 31.1 Å². The number of rotatable bonds is 5. The van der Waals surface area contributed by atoms with Gasteiger partial charge in [0.2, 0.25) is 5.91 Å². The van der Waals surface area contributed by atoms with Crippen molar-refractivity contribution in [3.63, 3.8) is 0 Å². The van der Waals surface area contributed by atoms with Gasteiger partial charge in [-0.1, -0.05) is 12.1 Å². The fraction of sp³-hybridized carbons (Fsp3) is 0.278. The second kappa shape index (κ2) is 7.34. The summed E-state index contributed by atoms with van der Waals surface area (Å²) in [5, 5.41) is 0. The monoisotopic (exact) mass is 414 g/mol. The minimum atomic E-state index is -4.72. The minimum Gasteiger partial charge on any atom is -0.495 e. The highest BCUT2D eigenvalue weighted by atomic mass is 32.2. The first-order chi connectivity index (χ1) is 13.1. The maximum atomic E-state index is 13.1. The first kappa shape index (κ1) is 20.0. The maximum Gasteiger partial charge on any atom is 0.418 e. The molecule has 2 aromatic rings. The van der Waals surface area contributed by atoms with E-state index < -0.39 is 27.5 Å². The van der Waals surface area contributed by atoms with E-state index in [1.807, 2.05) is 4.72 Å². The van der Waals surface area contributed by atoms with E-state index in [1.54, 1.807) is 0 Å². The molecule has 6 nitrogen and oxygen atoms in total.